The Morgan fingerprint density at radius 3 is 2.68 bits per heavy atom. The van der Waals surface area contributed by atoms with E-state index in [0.717, 1.165) is 29.6 Å². The summed E-state index contributed by atoms with van der Waals surface area (Å²) in [6.07, 6.45) is 1.89. The molecule has 0 bridgehead atoms. The van der Waals surface area contributed by atoms with E-state index in [1.165, 1.54) is 23.1 Å². The number of carbonyl (C=O) groups is 1. The number of amides is 1. The fourth-order valence-electron chi connectivity index (χ4n) is 3.94. The third-order valence-electron chi connectivity index (χ3n) is 5.54. The van der Waals surface area contributed by atoms with Crippen LogP contribution in [0.3, 0.4) is 0 Å². The molecule has 0 saturated heterocycles. The number of nitrogen functional groups attached to an aromatic ring is 1. The number of aromatic nitrogens is 2. The summed E-state index contributed by atoms with van der Waals surface area (Å²) in [5.41, 5.74) is 10.9. The van der Waals surface area contributed by atoms with Crippen LogP contribution in [0.2, 0.25) is 0 Å². The number of nitrogens with two attached hydrogens (primary N) is 1. The molecule has 4 aromatic rings. The second-order valence-corrected chi connectivity index (χ2v) is 7.94. The molecule has 0 unspecified atom stereocenters. The van der Waals surface area contributed by atoms with E-state index in [2.05, 4.69) is 32.7 Å². The molecule has 4 rings (SSSR count). The van der Waals surface area contributed by atoms with Gasteiger partial charge in [-0.15, -0.1) is 0 Å². The van der Waals surface area contributed by atoms with E-state index in [4.69, 9.17) is 10.5 Å². The number of aromatic amines is 1. The highest BCUT2D eigenvalue weighted by atomic mass is 19.1. The van der Waals surface area contributed by atoms with Crippen molar-refractivity contribution in [2.75, 3.05) is 29.5 Å². The van der Waals surface area contributed by atoms with Crippen molar-refractivity contribution in [1.82, 2.24) is 9.97 Å². The summed E-state index contributed by atoms with van der Waals surface area (Å²) in [5, 5.41) is 7.06. The molecule has 2 heterocycles. The van der Waals surface area contributed by atoms with Crippen molar-refractivity contribution in [3.8, 4) is 0 Å². The van der Waals surface area contributed by atoms with Gasteiger partial charge in [0.2, 0.25) is 0 Å². The summed E-state index contributed by atoms with van der Waals surface area (Å²) in [5.74, 6) is 0.624. The molecule has 0 radical (unpaired) electrons. The number of halogens is 1. The fourth-order valence-corrected chi connectivity index (χ4v) is 3.94. The van der Waals surface area contributed by atoms with Crippen LogP contribution in [0.5, 0.6) is 0 Å². The second-order valence-electron chi connectivity index (χ2n) is 7.94. The molecule has 2 aromatic carbocycles. The lowest BCUT2D eigenvalue weighted by molar-refractivity contribution is 0.168. The maximum atomic E-state index is 13.3. The van der Waals surface area contributed by atoms with Crippen LogP contribution in [-0.2, 0) is 17.6 Å². The zero-order chi connectivity index (χ0) is 23.9. The molecule has 176 valence electrons. The monoisotopic (exact) mass is 461 g/mol. The third kappa shape index (κ3) is 5.64. The van der Waals surface area contributed by atoms with Gasteiger partial charge in [-0.05, 0) is 61.2 Å². The Labute approximate surface area is 197 Å². The Morgan fingerprint density at radius 2 is 1.91 bits per heavy atom. The summed E-state index contributed by atoms with van der Waals surface area (Å²) < 4.78 is 18.2. The van der Waals surface area contributed by atoms with E-state index in [-0.39, 0.29) is 18.2 Å². The van der Waals surface area contributed by atoms with Crippen LogP contribution in [0.15, 0.2) is 60.7 Å². The molecule has 0 spiro atoms. The lowest BCUT2D eigenvalue weighted by Gasteiger charge is -2.11. The summed E-state index contributed by atoms with van der Waals surface area (Å²) in [7, 11) is 0. The number of hydrogen-bond donors (Lipinski definition) is 4. The van der Waals surface area contributed by atoms with Gasteiger partial charge in [-0.2, -0.15) is 0 Å². The number of para-hydroxylation sites is 1. The molecule has 0 aliphatic carbocycles. The smallest absolute Gasteiger partial charge is 0.411 e. The van der Waals surface area contributed by atoms with Gasteiger partial charge >= 0.3 is 6.09 Å². The number of ether oxygens (including phenoxy) is 1. The predicted octanol–water partition coefficient (Wildman–Crippen LogP) is 5.49. The van der Waals surface area contributed by atoms with E-state index in [9.17, 15) is 9.18 Å². The molecule has 0 fully saturated rings. The first-order valence-electron chi connectivity index (χ1n) is 11.3. The summed E-state index contributed by atoms with van der Waals surface area (Å²) >= 11 is 0. The first kappa shape index (κ1) is 23.1. The van der Waals surface area contributed by atoms with Crippen molar-refractivity contribution in [2.45, 2.75) is 26.2 Å². The van der Waals surface area contributed by atoms with Gasteiger partial charge in [0.1, 0.15) is 17.5 Å². The first-order chi connectivity index (χ1) is 16.5. The Kier molecular flexibility index (Phi) is 7.27. The minimum Gasteiger partial charge on any atom is -0.450 e. The van der Waals surface area contributed by atoms with E-state index >= 15 is 0 Å². The van der Waals surface area contributed by atoms with Gasteiger partial charge in [0.05, 0.1) is 12.3 Å². The number of fused-ring (bicyclic) bond motifs is 1. The number of pyridine rings is 1. The van der Waals surface area contributed by atoms with Crippen molar-refractivity contribution in [1.29, 1.82) is 0 Å². The standard InChI is InChI=1S/C26H28FN5O2/c1-2-34-26(33)31-22-13-14-24(32-25(22)28)29-15-5-7-20-19-6-3-4-8-21(19)30-23(20)16-17-9-11-18(27)12-10-17/h3-4,6,8-14,30H,2,5,7,15-16H2,1H3,(H,31,33)(H3,28,29,32). The lowest BCUT2D eigenvalue weighted by Crippen LogP contribution is -2.15. The van der Waals surface area contributed by atoms with Crippen LogP contribution >= 0.6 is 0 Å². The molecule has 5 N–H and O–H groups in total. The number of anilines is 3. The number of hydrogen-bond acceptors (Lipinski definition) is 5. The molecular weight excluding hydrogens is 433 g/mol. The topological polar surface area (TPSA) is 105 Å². The number of carbonyl (C=O) groups excluding carboxylic acids is 1. The zero-order valence-electron chi connectivity index (χ0n) is 19.0. The molecule has 0 saturated carbocycles. The third-order valence-corrected chi connectivity index (χ3v) is 5.54. The molecular formula is C26H28FN5O2. The number of rotatable bonds is 9. The molecule has 1 amide bonds. The van der Waals surface area contributed by atoms with Crippen LogP contribution in [0.25, 0.3) is 10.9 Å². The van der Waals surface area contributed by atoms with Crippen molar-refractivity contribution in [3.63, 3.8) is 0 Å². The van der Waals surface area contributed by atoms with Gasteiger partial charge in [0.15, 0.2) is 0 Å². The van der Waals surface area contributed by atoms with E-state index in [1.54, 1.807) is 19.1 Å². The lowest BCUT2D eigenvalue weighted by atomic mass is 10.0. The Bertz CT molecular complexity index is 1270. The second kappa shape index (κ2) is 10.7. The molecule has 0 aliphatic rings. The van der Waals surface area contributed by atoms with Crippen molar-refractivity contribution in [3.05, 3.63) is 83.3 Å². The summed E-state index contributed by atoms with van der Waals surface area (Å²) in [6, 6.07) is 18.4. The Morgan fingerprint density at radius 1 is 1.12 bits per heavy atom. The molecule has 34 heavy (non-hydrogen) atoms. The normalized spacial score (nSPS) is 10.9. The van der Waals surface area contributed by atoms with E-state index in [1.807, 2.05) is 24.3 Å². The SMILES string of the molecule is CCOC(=O)Nc1ccc(NCCCc2c(Cc3ccc(F)cc3)[nH]c3ccccc23)nc1N. The Balaban J connectivity index is 1.39. The number of H-pyrrole nitrogens is 1. The van der Waals surface area contributed by atoms with E-state index in [0.29, 0.717) is 24.5 Å². The van der Waals surface area contributed by atoms with Gasteiger partial charge in [0.25, 0.3) is 0 Å². The Hall–Kier alpha value is -4.07. The molecule has 0 aliphatic heterocycles. The number of nitrogens with zero attached hydrogens (tertiary/aromatic N) is 1. The zero-order valence-corrected chi connectivity index (χ0v) is 19.0. The largest absolute Gasteiger partial charge is 0.450 e. The van der Waals surface area contributed by atoms with Gasteiger partial charge < -0.3 is 20.8 Å². The van der Waals surface area contributed by atoms with Gasteiger partial charge in [-0.3, -0.25) is 5.32 Å². The summed E-state index contributed by atoms with van der Waals surface area (Å²) in [4.78, 5) is 19.4. The molecule has 8 heteroatoms. The minimum atomic E-state index is -0.563. The quantitative estimate of drug-likeness (QED) is 0.247. The fraction of sp³-hybridized carbons (Fsp3) is 0.231. The number of aryl methyl sites for hydroxylation is 1. The first-order valence-corrected chi connectivity index (χ1v) is 11.3. The van der Waals surface area contributed by atoms with Gasteiger partial charge in [-0.25, -0.2) is 14.2 Å². The maximum absolute atomic E-state index is 13.3. The highest BCUT2D eigenvalue weighted by Crippen LogP contribution is 2.26. The van der Waals surface area contributed by atoms with Crippen molar-refractivity contribution >= 4 is 34.3 Å². The average molecular weight is 462 g/mol. The average Bonchev–Trinajstić information content (AvgIpc) is 3.17. The van der Waals surface area contributed by atoms with Crippen LogP contribution < -0.4 is 16.4 Å². The highest BCUT2D eigenvalue weighted by molar-refractivity contribution is 5.88. The van der Waals surface area contributed by atoms with Gasteiger partial charge in [-0.1, -0.05) is 30.3 Å². The highest BCUT2D eigenvalue weighted by Gasteiger charge is 2.12. The number of nitrogens with one attached hydrogen (secondary N) is 3. The van der Waals surface area contributed by atoms with Crippen molar-refractivity contribution in [2.24, 2.45) is 0 Å². The molecule has 0 atom stereocenters. The van der Waals surface area contributed by atoms with Crippen molar-refractivity contribution < 1.29 is 13.9 Å². The van der Waals surface area contributed by atoms with Crippen LogP contribution in [-0.4, -0.2) is 29.2 Å². The molecule has 2 aromatic heterocycles. The van der Waals surface area contributed by atoms with E-state index < -0.39 is 6.09 Å². The van der Waals surface area contributed by atoms with Crippen LogP contribution in [0.4, 0.5) is 26.5 Å². The van der Waals surface area contributed by atoms with Gasteiger partial charge in [0, 0.05) is 29.6 Å². The maximum Gasteiger partial charge on any atom is 0.411 e. The number of benzene rings is 2. The predicted molar refractivity (Wildman–Crippen MR) is 134 cm³/mol. The minimum absolute atomic E-state index is 0.219. The summed E-state index contributed by atoms with van der Waals surface area (Å²) in [6.45, 7) is 2.71. The van der Waals surface area contributed by atoms with Crippen LogP contribution in [0.1, 0.15) is 30.2 Å². The van der Waals surface area contributed by atoms with Crippen LogP contribution in [0, 0.1) is 5.82 Å². The molecule has 7 nitrogen and oxygen atoms in total.